The van der Waals surface area contributed by atoms with Crippen molar-refractivity contribution in [2.75, 3.05) is 7.11 Å². The molecule has 0 bridgehead atoms. The summed E-state index contributed by atoms with van der Waals surface area (Å²) in [6, 6.07) is 0. The van der Waals surface area contributed by atoms with Gasteiger partial charge in [-0.05, 0) is 13.8 Å². The molecule has 0 aliphatic carbocycles. The average Bonchev–Trinajstić information content (AvgIpc) is 1.87. The van der Waals surface area contributed by atoms with Crippen LogP contribution >= 0.6 is 0 Å². The molecule has 0 atom stereocenters. The number of ketones is 1. The van der Waals surface area contributed by atoms with Gasteiger partial charge in [0.1, 0.15) is 0 Å². The first kappa shape index (κ1) is 10.5. The van der Waals surface area contributed by atoms with Crippen molar-refractivity contribution in [1.82, 2.24) is 0 Å². The molecule has 4 heteroatoms. The van der Waals surface area contributed by atoms with Crippen molar-refractivity contribution in [2.45, 2.75) is 32.3 Å². The van der Waals surface area contributed by atoms with Crippen LogP contribution in [0.3, 0.4) is 0 Å². The molecule has 0 spiro atoms. The Morgan fingerprint density at radius 1 is 1.55 bits per heavy atom. The zero-order chi connectivity index (χ0) is 9.07. The third-order valence-corrected chi connectivity index (χ3v) is 1.40. The number of rotatable bonds is 4. The van der Waals surface area contributed by atoms with Gasteiger partial charge in [-0.2, -0.15) is 0 Å². The summed E-state index contributed by atoms with van der Waals surface area (Å²) in [5.74, 6) is -1.07. The Morgan fingerprint density at radius 3 is 2.27 bits per heavy atom. The molecule has 0 aromatic rings. The molecule has 0 radical (unpaired) electrons. The minimum atomic E-state index is -2.88. The molecule has 2 nitrogen and oxygen atoms in total. The normalized spacial score (nSPS) is 12.2. The fourth-order valence-corrected chi connectivity index (χ4v) is 0.569. The maximum Gasteiger partial charge on any atom is 0.296 e. The van der Waals surface area contributed by atoms with Gasteiger partial charge in [-0.15, -0.1) is 0 Å². The second-order valence-electron chi connectivity index (χ2n) is 2.91. The molecule has 0 aliphatic rings. The van der Waals surface area contributed by atoms with E-state index in [2.05, 4.69) is 0 Å². The number of methoxy groups -OCH3 is 1. The van der Waals surface area contributed by atoms with Gasteiger partial charge in [-0.25, -0.2) is 8.78 Å². The highest BCUT2D eigenvalue weighted by Gasteiger charge is 2.26. The molecular formula is C7H12F2O2. The number of ether oxygens (including phenoxy) is 1. The summed E-state index contributed by atoms with van der Waals surface area (Å²) in [5, 5.41) is 0. The van der Waals surface area contributed by atoms with Crippen LogP contribution in [0.5, 0.6) is 0 Å². The monoisotopic (exact) mass is 166 g/mol. The maximum atomic E-state index is 11.7. The van der Waals surface area contributed by atoms with Gasteiger partial charge in [-0.3, -0.25) is 4.79 Å². The van der Waals surface area contributed by atoms with E-state index in [1.54, 1.807) is 13.8 Å². The highest BCUT2D eigenvalue weighted by Crippen LogP contribution is 2.15. The van der Waals surface area contributed by atoms with E-state index >= 15 is 0 Å². The number of hydrogen-bond donors (Lipinski definition) is 0. The summed E-state index contributed by atoms with van der Waals surface area (Å²) in [4.78, 5) is 10.5. The highest BCUT2D eigenvalue weighted by atomic mass is 19.3. The molecule has 0 heterocycles. The number of carbonyl (C=O) groups excluding carboxylic acids is 1. The molecule has 0 N–H and O–H groups in total. The molecule has 0 amide bonds. The zero-order valence-corrected chi connectivity index (χ0v) is 6.86. The van der Waals surface area contributed by atoms with Crippen LogP contribution in [0.4, 0.5) is 8.78 Å². The first-order chi connectivity index (χ1) is 4.89. The van der Waals surface area contributed by atoms with Gasteiger partial charge in [0.15, 0.2) is 0 Å². The van der Waals surface area contributed by atoms with Gasteiger partial charge in [0.25, 0.3) is 6.43 Å². The topological polar surface area (TPSA) is 26.3 Å². The second-order valence-corrected chi connectivity index (χ2v) is 2.91. The van der Waals surface area contributed by atoms with Crippen LogP contribution in [0.1, 0.15) is 20.3 Å². The van der Waals surface area contributed by atoms with E-state index in [-0.39, 0.29) is 6.42 Å². The average molecular weight is 166 g/mol. The van der Waals surface area contributed by atoms with Crippen LogP contribution in [0.25, 0.3) is 0 Å². The molecule has 0 aromatic carbocycles. The van der Waals surface area contributed by atoms with Crippen molar-refractivity contribution in [1.29, 1.82) is 0 Å². The van der Waals surface area contributed by atoms with E-state index in [0.29, 0.717) is 0 Å². The molecule has 0 aromatic heterocycles. The van der Waals surface area contributed by atoms with Gasteiger partial charge < -0.3 is 4.74 Å². The standard InChI is InChI=1S/C7H12F2O2/c1-7(2,11-3)4-5(10)6(8)9/h6H,4H2,1-3H3. The molecule has 0 saturated heterocycles. The Kier molecular flexibility index (Phi) is 3.58. The third kappa shape index (κ3) is 4.03. The fourth-order valence-electron chi connectivity index (χ4n) is 0.569. The molecule has 66 valence electrons. The number of hydrogen-bond acceptors (Lipinski definition) is 2. The lowest BCUT2D eigenvalue weighted by Gasteiger charge is -2.21. The summed E-state index contributed by atoms with van der Waals surface area (Å²) < 4.78 is 28.2. The van der Waals surface area contributed by atoms with Gasteiger partial charge in [0.05, 0.1) is 5.60 Å². The summed E-state index contributed by atoms with van der Waals surface area (Å²) in [5.41, 5.74) is -0.784. The Hall–Kier alpha value is -0.510. The van der Waals surface area contributed by atoms with Crippen molar-refractivity contribution in [3.8, 4) is 0 Å². The van der Waals surface area contributed by atoms with E-state index in [1.165, 1.54) is 7.11 Å². The lowest BCUT2D eigenvalue weighted by molar-refractivity contribution is -0.134. The molecule has 11 heavy (non-hydrogen) atoms. The summed E-state index contributed by atoms with van der Waals surface area (Å²) >= 11 is 0. The van der Waals surface area contributed by atoms with E-state index < -0.39 is 17.8 Å². The van der Waals surface area contributed by atoms with Gasteiger partial charge >= 0.3 is 0 Å². The summed E-state index contributed by atoms with van der Waals surface area (Å²) in [6.07, 6.45) is -3.13. The van der Waals surface area contributed by atoms with Crippen molar-refractivity contribution in [2.24, 2.45) is 0 Å². The molecular weight excluding hydrogens is 154 g/mol. The number of Topliss-reactive ketones (excluding diaryl/α,β-unsaturated/α-hetero) is 1. The van der Waals surface area contributed by atoms with Gasteiger partial charge in [0, 0.05) is 13.5 Å². The molecule has 0 fully saturated rings. The number of halogens is 2. The second kappa shape index (κ2) is 3.76. The predicted molar refractivity (Wildman–Crippen MR) is 36.7 cm³/mol. The fraction of sp³-hybridized carbons (Fsp3) is 0.857. The lowest BCUT2D eigenvalue weighted by atomic mass is 10.0. The van der Waals surface area contributed by atoms with Crippen LogP contribution in [0.2, 0.25) is 0 Å². The van der Waals surface area contributed by atoms with E-state index in [4.69, 9.17) is 4.74 Å². The highest BCUT2D eigenvalue weighted by molar-refractivity contribution is 5.82. The maximum absolute atomic E-state index is 11.7. The number of carbonyl (C=O) groups is 1. The first-order valence-electron chi connectivity index (χ1n) is 3.25. The van der Waals surface area contributed by atoms with Gasteiger partial charge in [0.2, 0.25) is 5.78 Å². The number of alkyl halides is 2. The lowest BCUT2D eigenvalue weighted by Crippen LogP contribution is -2.29. The molecule has 0 saturated carbocycles. The van der Waals surface area contributed by atoms with Crippen LogP contribution in [-0.4, -0.2) is 24.9 Å². The SMILES string of the molecule is COC(C)(C)CC(=O)C(F)F. The van der Waals surface area contributed by atoms with E-state index in [1.807, 2.05) is 0 Å². The van der Waals surface area contributed by atoms with Crippen molar-refractivity contribution in [3.63, 3.8) is 0 Å². The van der Waals surface area contributed by atoms with Crippen LogP contribution in [0, 0.1) is 0 Å². The first-order valence-corrected chi connectivity index (χ1v) is 3.25. The minimum Gasteiger partial charge on any atom is -0.378 e. The zero-order valence-electron chi connectivity index (χ0n) is 6.86. The minimum absolute atomic E-state index is 0.249. The molecule has 0 aliphatic heterocycles. The van der Waals surface area contributed by atoms with Crippen LogP contribution < -0.4 is 0 Å². The molecule has 0 rings (SSSR count). The smallest absolute Gasteiger partial charge is 0.296 e. The third-order valence-electron chi connectivity index (χ3n) is 1.40. The van der Waals surface area contributed by atoms with E-state index in [0.717, 1.165) is 0 Å². The summed E-state index contributed by atoms with van der Waals surface area (Å²) in [6.45, 7) is 3.18. The Balaban J connectivity index is 3.94. The van der Waals surface area contributed by atoms with Crippen molar-refractivity contribution < 1.29 is 18.3 Å². The van der Waals surface area contributed by atoms with E-state index in [9.17, 15) is 13.6 Å². The Bertz CT molecular complexity index is 143. The van der Waals surface area contributed by atoms with Crippen molar-refractivity contribution in [3.05, 3.63) is 0 Å². The summed E-state index contributed by atoms with van der Waals surface area (Å²) in [7, 11) is 1.39. The quantitative estimate of drug-likeness (QED) is 0.634. The Labute approximate surface area is 64.5 Å². The Morgan fingerprint density at radius 2 is 2.00 bits per heavy atom. The molecule has 0 unspecified atom stereocenters. The largest absolute Gasteiger partial charge is 0.378 e. The predicted octanol–water partition coefficient (Wildman–Crippen LogP) is 1.64. The van der Waals surface area contributed by atoms with Gasteiger partial charge in [-0.1, -0.05) is 0 Å². The van der Waals surface area contributed by atoms with Crippen molar-refractivity contribution >= 4 is 5.78 Å². The van der Waals surface area contributed by atoms with Crippen LogP contribution in [-0.2, 0) is 9.53 Å². The van der Waals surface area contributed by atoms with Crippen LogP contribution in [0.15, 0.2) is 0 Å².